The Kier molecular flexibility index (Phi) is 2.87. The van der Waals surface area contributed by atoms with E-state index in [-0.39, 0.29) is 12.0 Å². The molecule has 3 nitrogen and oxygen atoms in total. The second kappa shape index (κ2) is 3.88. The first-order valence-corrected chi connectivity index (χ1v) is 6.30. The van der Waals surface area contributed by atoms with E-state index in [0.29, 0.717) is 0 Å². The maximum Gasteiger partial charge on any atom is 0.313 e. The van der Waals surface area contributed by atoms with Gasteiger partial charge in [-0.2, -0.15) is 0 Å². The molecule has 2 rings (SSSR count). The summed E-state index contributed by atoms with van der Waals surface area (Å²) in [5.41, 5.74) is 5.65. The van der Waals surface area contributed by atoms with Crippen molar-refractivity contribution in [2.75, 3.05) is 7.11 Å². The number of methoxy groups -OCH3 is 1. The Labute approximate surface area is 101 Å². The molecule has 0 radical (unpaired) electrons. The maximum absolute atomic E-state index is 11.6. The Morgan fingerprint density at radius 1 is 1.67 bits per heavy atom. The second-order valence-electron chi connectivity index (χ2n) is 3.77. The zero-order valence-corrected chi connectivity index (χ0v) is 10.7. The van der Waals surface area contributed by atoms with E-state index in [4.69, 9.17) is 10.5 Å². The van der Waals surface area contributed by atoms with Crippen molar-refractivity contribution in [3.8, 4) is 0 Å². The molecule has 1 aliphatic carbocycles. The summed E-state index contributed by atoms with van der Waals surface area (Å²) in [7, 11) is 1.42. The quantitative estimate of drug-likeness (QED) is 0.870. The molecule has 82 valence electrons. The van der Waals surface area contributed by atoms with Gasteiger partial charge in [0.1, 0.15) is 0 Å². The number of rotatable bonds is 3. The first-order chi connectivity index (χ1) is 7.10. The fourth-order valence-corrected chi connectivity index (χ4v) is 3.29. The number of thiophene rings is 1. The molecule has 1 aromatic rings. The van der Waals surface area contributed by atoms with E-state index < -0.39 is 5.41 Å². The third-order valence-corrected chi connectivity index (χ3v) is 4.58. The lowest BCUT2D eigenvalue weighted by atomic mass is 9.96. The van der Waals surface area contributed by atoms with E-state index in [1.54, 1.807) is 11.3 Å². The molecular formula is C10H12BrNO2S. The maximum atomic E-state index is 11.6. The van der Waals surface area contributed by atoms with Gasteiger partial charge in [-0.3, -0.25) is 4.79 Å². The van der Waals surface area contributed by atoms with E-state index in [0.717, 1.165) is 21.5 Å². The van der Waals surface area contributed by atoms with Crippen molar-refractivity contribution in [3.05, 3.63) is 20.8 Å². The highest BCUT2D eigenvalue weighted by Crippen LogP contribution is 2.55. The molecule has 1 unspecified atom stereocenters. The van der Waals surface area contributed by atoms with Crippen LogP contribution in [0.1, 0.15) is 23.8 Å². The summed E-state index contributed by atoms with van der Waals surface area (Å²) in [4.78, 5) is 12.6. The zero-order valence-electron chi connectivity index (χ0n) is 8.33. The van der Waals surface area contributed by atoms with Gasteiger partial charge in [0.25, 0.3) is 0 Å². The summed E-state index contributed by atoms with van der Waals surface area (Å²) < 4.78 is 5.84. The lowest BCUT2D eigenvalue weighted by molar-refractivity contribution is -0.148. The van der Waals surface area contributed by atoms with Crippen molar-refractivity contribution in [3.63, 3.8) is 0 Å². The van der Waals surface area contributed by atoms with Crippen molar-refractivity contribution in [1.82, 2.24) is 0 Å². The van der Waals surface area contributed by atoms with E-state index in [9.17, 15) is 4.79 Å². The van der Waals surface area contributed by atoms with Crippen molar-refractivity contribution in [1.29, 1.82) is 0 Å². The monoisotopic (exact) mass is 289 g/mol. The van der Waals surface area contributed by atoms with Crippen LogP contribution in [0.25, 0.3) is 0 Å². The molecule has 0 amide bonds. The van der Waals surface area contributed by atoms with Crippen molar-refractivity contribution >= 4 is 33.2 Å². The molecular weight excluding hydrogens is 278 g/mol. The molecule has 5 heteroatoms. The lowest BCUT2D eigenvalue weighted by Crippen LogP contribution is -2.30. The molecule has 0 aromatic carbocycles. The second-order valence-corrected chi connectivity index (χ2v) is 6.26. The summed E-state index contributed by atoms with van der Waals surface area (Å²) in [6.07, 6.45) is 1.66. The highest BCUT2D eigenvalue weighted by molar-refractivity contribution is 9.11. The van der Waals surface area contributed by atoms with Crippen LogP contribution in [0.3, 0.4) is 0 Å². The van der Waals surface area contributed by atoms with Gasteiger partial charge in [-0.25, -0.2) is 0 Å². The zero-order chi connectivity index (χ0) is 11.1. The third-order valence-electron chi connectivity index (χ3n) is 2.88. The minimum Gasteiger partial charge on any atom is -0.469 e. The van der Waals surface area contributed by atoms with Crippen LogP contribution in [0.5, 0.6) is 0 Å². The average Bonchev–Trinajstić information content (AvgIpc) is 2.94. The molecule has 1 atom stereocenters. The van der Waals surface area contributed by atoms with Crippen molar-refractivity contribution < 1.29 is 9.53 Å². The van der Waals surface area contributed by atoms with Crippen LogP contribution in [-0.2, 0) is 9.53 Å². The van der Waals surface area contributed by atoms with Gasteiger partial charge < -0.3 is 10.5 Å². The molecule has 2 N–H and O–H groups in total. The molecule has 1 fully saturated rings. The summed E-state index contributed by atoms with van der Waals surface area (Å²) in [6.45, 7) is 0. The molecule has 0 aliphatic heterocycles. The van der Waals surface area contributed by atoms with Gasteiger partial charge in [-0.15, -0.1) is 11.3 Å². The normalized spacial score (nSPS) is 19.7. The smallest absolute Gasteiger partial charge is 0.313 e. The Balaban J connectivity index is 2.21. The molecule has 0 saturated heterocycles. The number of ether oxygens (including phenoxy) is 1. The molecule has 1 heterocycles. The highest BCUT2D eigenvalue weighted by atomic mass is 79.9. The third kappa shape index (κ3) is 1.84. The van der Waals surface area contributed by atoms with Gasteiger partial charge in [0, 0.05) is 4.88 Å². The lowest BCUT2D eigenvalue weighted by Gasteiger charge is -2.19. The molecule has 1 aromatic heterocycles. The number of esters is 1. The van der Waals surface area contributed by atoms with Crippen LogP contribution < -0.4 is 5.73 Å². The van der Waals surface area contributed by atoms with Gasteiger partial charge in [0.15, 0.2) is 0 Å². The average molecular weight is 290 g/mol. The Morgan fingerprint density at radius 2 is 2.33 bits per heavy atom. The summed E-state index contributed by atoms with van der Waals surface area (Å²) in [5.74, 6) is -0.181. The SMILES string of the molecule is COC(=O)C1(C(N)c2ccc(Br)s2)CC1. The van der Waals surface area contributed by atoms with Crippen LogP contribution in [-0.4, -0.2) is 13.1 Å². The minimum absolute atomic E-state index is 0.181. The fourth-order valence-electron chi connectivity index (χ4n) is 1.75. The number of carbonyl (C=O) groups is 1. The molecule has 1 aliphatic rings. The largest absolute Gasteiger partial charge is 0.469 e. The number of hydrogen-bond donors (Lipinski definition) is 1. The van der Waals surface area contributed by atoms with Gasteiger partial charge in [0.05, 0.1) is 22.4 Å². The Bertz CT molecular complexity index is 387. The van der Waals surface area contributed by atoms with Crippen molar-refractivity contribution in [2.45, 2.75) is 18.9 Å². The number of carbonyl (C=O) groups excluding carboxylic acids is 1. The Hall–Kier alpha value is -0.390. The molecule has 0 bridgehead atoms. The minimum atomic E-state index is -0.459. The predicted octanol–water partition coefficient (Wildman–Crippen LogP) is 2.46. The Morgan fingerprint density at radius 3 is 2.73 bits per heavy atom. The van der Waals surface area contributed by atoms with Gasteiger partial charge in [-0.1, -0.05) is 0 Å². The first-order valence-electron chi connectivity index (χ1n) is 4.69. The standard InChI is InChI=1S/C10H12BrNO2S/c1-14-9(13)10(4-5-10)8(12)6-2-3-7(11)15-6/h2-3,8H,4-5,12H2,1H3. The topological polar surface area (TPSA) is 52.3 Å². The summed E-state index contributed by atoms with van der Waals surface area (Å²) in [5, 5.41) is 0. The summed E-state index contributed by atoms with van der Waals surface area (Å²) >= 11 is 4.96. The van der Waals surface area contributed by atoms with E-state index in [1.807, 2.05) is 12.1 Å². The van der Waals surface area contributed by atoms with Gasteiger partial charge in [0.2, 0.25) is 0 Å². The highest BCUT2D eigenvalue weighted by Gasteiger charge is 2.56. The van der Waals surface area contributed by atoms with Crippen LogP contribution in [0.2, 0.25) is 0 Å². The number of halogens is 1. The van der Waals surface area contributed by atoms with E-state index >= 15 is 0 Å². The van der Waals surface area contributed by atoms with Crippen LogP contribution in [0.4, 0.5) is 0 Å². The molecule has 15 heavy (non-hydrogen) atoms. The van der Waals surface area contributed by atoms with Gasteiger partial charge >= 0.3 is 5.97 Å². The predicted molar refractivity (Wildman–Crippen MR) is 62.6 cm³/mol. The number of nitrogens with two attached hydrogens (primary N) is 1. The van der Waals surface area contributed by atoms with Crippen molar-refractivity contribution in [2.24, 2.45) is 11.1 Å². The summed E-state index contributed by atoms with van der Waals surface area (Å²) in [6, 6.07) is 3.68. The number of hydrogen-bond acceptors (Lipinski definition) is 4. The first kappa shape index (κ1) is 11.1. The van der Waals surface area contributed by atoms with E-state index in [1.165, 1.54) is 7.11 Å². The fraction of sp³-hybridized carbons (Fsp3) is 0.500. The van der Waals surface area contributed by atoms with Gasteiger partial charge in [-0.05, 0) is 40.9 Å². The molecule has 1 saturated carbocycles. The van der Waals surface area contributed by atoms with E-state index in [2.05, 4.69) is 15.9 Å². The van der Waals surface area contributed by atoms with Crippen LogP contribution in [0, 0.1) is 5.41 Å². The van der Waals surface area contributed by atoms with Crippen LogP contribution >= 0.6 is 27.3 Å². The molecule has 0 spiro atoms. The van der Waals surface area contributed by atoms with Crippen LogP contribution in [0.15, 0.2) is 15.9 Å².